The van der Waals surface area contributed by atoms with Crippen LogP contribution in [0.25, 0.3) is 11.1 Å². The quantitative estimate of drug-likeness (QED) is 0.778. The topological polar surface area (TPSA) is 46.9 Å². The third-order valence-electron chi connectivity index (χ3n) is 3.73. The number of nitrogens with zero attached hydrogens (tertiary/aromatic N) is 2. The van der Waals surface area contributed by atoms with Crippen molar-refractivity contribution >= 4 is 11.6 Å². The van der Waals surface area contributed by atoms with Crippen LogP contribution in [0.5, 0.6) is 0 Å². The van der Waals surface area contributed by atoms with Crippen LogP contribution in [0, 0.1) is 24.4 Å². The van der Waals surface area contributed by atoms with Crippen LogP contribution in [0.4, 0.5) is 18.9 Å². The molecule has 0 saturated carbocycles. The maximum Gasteiger partial charge on any atom is 0.259 e. The lowest BCUT2D eigenvalue weighted by Crippen LogP contribution is -2.14. The molecule has 128 valence electrons. The second kappa shape index (κ2) is 6.43. The first kappa shape index (κ1) is 16.8. The number of amides is 1. The zero-order valence-corrected chi connectivity index (χ0v) is 13.5. The summed E-state index contributed by atoms with van der Waals surface area (Å²) >= 11 is 0. The summed E-state index contributed by atoms with van der Waals surface area (Å²) in [5.41, 5.74) is 0.838. The fraction of sp³-hybridized carbons (Fsp3) is 0.111. The number of halogens is 3. The minimum atomic E-state index is -1.14. The standard InChI is InChI=1S/C18H14F3N3O/c1-10-13(9-24(2)23-10)18(25)22-17-8-16(21)15(20)7-12(17)11-5-3-4-6-14(11)19/h3-9H,1-2H3,(H,22,25). The summed E-state index contributed by atoms with van der Waals surface area (Å²) in [7, 11) is 1.66. The highest BCUT2D eigenvalue weighted by Crippen LogP contribution is 2.32. The Morgan fingerprint density at radius 1 is 1.04 bits per heavy atom. The molecule has 0 atom stereocenters. The molecule has 1 amide bonds. The van der Waals surface area contributed by atoms with E-state index in [1.54, 1.807) is 20.0 Å². The summed E-state index contributed by atoms with van der Waals surface area (Å²) in [6.07, 6.45) is 1.51. The number of aryl methyl sites for hydroxylation is 2. The molecule has 0 bridgehead atoms. The summed E-state index contributed by atoms with van der Waals surface area (Å²) < 4.78 is 42.9. The minimum absolute atomic E-state index is 0.0303. The molecule has 0 spiro atoms. The summed E-state index contributed by atoms with van der Waals surface area (Å²) in [5.74, 6) is -3.43. The van der Waals surface area contributed by atoms with E-state index >= 15 is 0 Å². The van der Waals surface area contributed by atoms with E-state index in [0.29, 0.717) is 5.69 Å². The Balaban J connectivity index is 2.07. The van der Waals surface area contributed by atoms with Gasteiger partial charge in [0, 0.05) is 30.4 Å². The zero-order valence-electron chi connectivity index (χ0n) is 13.5. The lowest BCUT2D eigenvalue weighted by atomic mass is 10.0. The number of benzene rings is 2. The molecule has 3 aromatic rings. The van der Waals surface area contributed by atoms with E-state index in [-0.39, 0.29) is 22.4 Å². The highest BCUT2D eigenvalue weighted by atomic mass is 19.2. The lowest BCUT2D eigenvalue weighted by Gasteiger charge is -2.13. The second-order valence-corrected chi connectivity index (χ2v) is 5.55. The van der Waals surface area contributed by atoms with Crippen LogP contribution >= 0.6 is 0 Å². The van der Waals surface area contributed by atoms with Crippen molar-refractivity contribution in [2.24, 2.45) is 7.05 Å². The fourth-order valence-corrected chi connectivity index (χ4v) is 2.56. The number of rotatable bonds is 3. The van der Waals surface area contributed by atoms with Crippen LogP contribution in [0.2, 0.25) is 0 Å². The zero-order chi connectivity index (χ0) is 18.1. The van der Waals surface area contributed by atoms with E-state index in [9.17, 15) is 18.0 Å². The van der Waals surface area contributed by atoms with Gasteiger partial charge in [-0.25, -0.2) is 13.2 Å². The maximum atomic E-state index is 14.1. The van der Waals surface area contributed by atoms with Gasteiger partial charge in [0.15, 0.2) is 11.6 Å². The number of hydrogen-bond donors (Lipinski definition) is 1. The molecule has 1 aromatic heterocycles. The summed E-state index contributed by atoms with van der Waals surface area (Å²) in [6, 6.07) is 7.37. The van der Waals surface area contributed by atoms with Crippen LogP contribution in [-0.2, 0) is 7.05 Å². The van der Waals surface area contributed by atoms with Crippen molar-refractivity contribution in [3.05, 3.63) is 71.3 Å². The normalized spacial score (nSPS) is 10.8. The smallest absolute Gasteiger partial charge is 0.259 e. The van der Waals surface area contributed by atoms with Crippen LogP contribution in [-0.4, -0.2) is 15.7 Å². The third kappa shape index (κ3) is 3.26. The SMILES string of the molecule is Cc1nn(C)cc1C(=O)Nc1cc(F)c(F)cc1-c1ccccc1F. The average molecular weight is 345 g/mol. The maximum absolute atomic E-state index is 14.1. The molecule has 4 nitrogen and oxygen atoms in total. The number of carbonyl (C=O) groups is 1. The predicted octanol–water partition coefficient (Wildman–Crippen LogP) is 4.07. The van der Waals surface area contributed by atoms with Crippen LogP contribution in [0.1, 0.15) is 16.1 Å². The molecule has 0 radical (unpaired) electrons. The Morgan fingerprint density at radius 2 is 1.72 bits per heavy atom. The van der Waals surface area contributed by atoms with E-state index in [1.165, 1.54) is 29.1 Å². The predicted molar refractivity (Wildman–Crippen MR) is 87.7 cm³/mol. The first-order chi connectivity index (χ1) is 11.9. The number of hydrogen-bond acceptors (Lipinski definition) is 2. The molecule has 1 heterocycles. The van der Waals surface area contributed by atoms with Crippen LogP contribution < -0.4 is 5.32 Å². The first-order valence-corrected chi connectivity index (χ1v) is 7.42. The van der Waals surface area contributed by atoms with Gasteiger partial charge in [-0.2, -0.15) is 5.10 Å². The largest absolute Gasteiger partial charge is 0.321 e. The molecular formula is C18H14F3N3O. The Bertz CT molecular complexity index is 966. The summed E-state index contributed by atoms with van der Waals surface area (Å²) in [6.45, 7) is 1.65. The molecule has 0 saturated heterocycles. The number of nitrogens with one attached hydrogen (secondary N) is 1. The monoisotopic (exact) mass is 345 g/mol. The van der Waals surface area contributed by atoms with Gasteiger partial charge in [-0.15, -0.1) is 0 Å². The van der Waals surface area contributed by atoms with Gasteiger partial charge in [0.1, 0.15) is 5.82 Å². The van der Waals surface area contributed by atoms with E-state index in [2.05, 4.69) is 10.4 Å². The highest BCUT2D eigenvalue weighted by molar-refractivity contribution is 6.06. The molecule has 0 fully saturated rings. The van der Waals surface area contributed by atoms with Gasteiger partial charge in [0.05, 0.1) is 16.9 Å². The Hall–Kier alpha value is -3.09. The Morgan fingerprint density at radius 3 is 2.36 bits per heavy atom. The molecular weight excluding hydrogens is 331 g/mol. The second-order valence-electron chi connectivity index (χ2n) is 5.55. The fourth-order valence-electron chi connectivity index (χ4n) is 2.56. The van der Waals surface area contributed by atoms with Crippen molar-refractivity contribution in [3.63, 3.8) is 0 Å². The van der Waals surface area contributed by atoms with Crippen molar-refractivity contribution < 1.29 is 18.0 Å². The number of aromatic nitrogens is 2. The van der Waals surface area contributed by atoms with E-state index in [4.69, 9.17) is 0 Å². The lowest BCUT2D eigenvalue weighted by molar-refractivity contribution is 0.102. The van der Waals surface area contributed by atoms with Gasteiger partial charge < -0.3 is 5.32 Å². The van der Waals surface area contributed by atoms with E-state index < -0.39 is 23.4 Å². The third-order valence-corrected chi connectivity index (χ3v) is 3.73. The molecule has 0 aliphatic carbocycles. The molecule has 2 aromatic carbocycles. The van der Waals surface area contributed by atoms with Gasteiger partial charge in [-0.05, 0) is 19.1 Å². The molecule has 7 heteroatoms. The number of anilines is 1. The first-order valence-electron chi connectivity index (χ1n) is 7.42. The molecule has 3 rings (SSSR count). The van der Waals surface area contributed by atoms with Gasteiger partial charge in [-0.1, -0.05) is 18.2 Å². The van der Waals surface area contributed by atoms with Crippen LogP contribution in [0.3, 0.4) is 0 Å². The summed E-state index contributed by atoms with van der Waals surface area (Å²) in [4.78, 5) is 12.4. The van der Waals surface area contributed by atoms with Gasteiger partial charge in [-0.3, -0.25) is 9.48 Å². The highest BCUT2D eigenvalue weighted by Gasteiger charge is 2.18. The van der Waals surface area contributed by atoms with Crippen LogP contribution in [0.15, 0.2) is 42.6 Å². The molecule has 0 aliphatic heterocycles. The average Bonchev–Trinajstić information content (AvgIpc) is 2.90. The van der Waals surface area contributed by atoms with Crippen molar-refractivity contribution in [2.75, 3.05) is 5.32 Å². The van der Waals surface area contributed by atoms with Crippen molar-refractivity contribution in [3.8, 4) is 11.1 Å². The van der Waals surface area contributed by atoms with Crippen molar-refractivity contribution in [2.45, 2.75) is 6.92 Å². The van der Waals surface area contributed by atoms with Gasteiger partial charge in [0.2, 0.25) is 0 Å². The Kier molecular flexibility index (Phi) is 4.31. The van der Waals surface area contributed by atoms with E-state index in [0.717, 1.165) is 12.1 Å². The summed E-state index contributed by atoms with van der Waals surface area (Å²) in [5, 5.41) is 6.57. The van der Waals surface area contributed by atoms with E-state index in [1.807, 2.05) is 0 Å². The molecule has 25 heavy (non-hydrogen) atoms. The van der Waals surface area contributed by atoms with Crippen molar-refractivity contribution in [1.29, 1.82) is 0 Å². The van der Waals surface area contributed by atoms with Gasteiger partial charge in [0.25, 0.3) is 5.91 Å². The number of carbonyl (C=O) groups excluding carboxylic acids is 1. The molecule has 0 aliphatic rings. The molecule has 1 N–H and O–H groups in total. The Labute approximate surface area is 141 Å². The molecule has 0 unspecified atom stereocenters. The van der Waals surface area contributed by atoms with Crippen molar-refractivity contribution in [1.82, 2.24) is 9.78 Å². The minimum Gasteiger partial charge on any atom is -0.321 e. The van der Waals surface area contributed by atoms with Gasteiger partial charge >= 0.3 is 0 Å².